The summed E-state index contributed by atoms with van der Waals surface area (Å²) in [6.07, 6.45) is 3.49. The molecular weight excluding hydrogens is 222 g/mol. The Balaban J connectivity index is 1.98. The number of nitriles is 1. The number of hydrogen-bond donors (Lipinski definition) is 1. The Morgan fingerprint density at radius 2 is 2.50 bits per heavy atom. The molecule has 1 saturated heterocycles. The highest BCUT2D eigenvalue weighted by Gasteiger charge is 2.23. The van der Waals surface area contributed by atoms with Crippen LogP contribution in [0.3, 0.4) is 0 Å². The van der Waals surface area contributed by atoms with E-state index in [2.05, 4.69) is 10.3 Å². The minimum atomic E-state index is 0.0136. The summed E-state index contributed by atoms with van der Waals surface area (Å²) in [6, 6.07) is 5.28. The molecular formula is C11H11N3OS. The van der Waals surface area contributed by atoms with E-state index in [1.165, 1.54) is 6.20 Å². The number of thioether (sulfide) groups is 1. The van der Waals surface area contributed by atoms with E-state index in [0.29, 0.717) is 11.4 Å². The summed E-state index contributed by atoms with van der Waals surface area (Å²) >= 11 is 1.69. The van der Waals surface area contributed by atoms with Crippen molar-refractivity contribution >= 4 is 23.5 Å². The van der Waals surface area contributed by atoms with Crippen LogP contribution in [0.5, 0.6) is 0 Å². The van der Waals surface area contributed by atoms with Gasteiger partial charge in [-0.15, -0.1) is 11.8 Å². The monoisotopic (exact) mass is 233 g/mol. The molecule has 0 bridgehead atoms. The molecule has 0 radical (unpaired) electrons. The summed E-state index contributed by atoms with van der Waals surface area (Å²) in [6.45, 7) is 0. The lowest BCUT2D eigenvalue weighted by Gasteiger charge is -2.08. The van der Waals surface area contributed by atoms with Crippen molar-refractivity contribution < 1.29 is 4.79 Å². The van der Waals surface area contributed by atoms with Gasteiger partial charge in [0.15, 0.2) is 0 Å². The lowest BCUT2D eigenvalue weighted by Crippen LogP contribution is -2.23. The van der Waals surface area contributed by atoms with Gasteiger partial charge in [-0.3, -0.25) is 4.79 Å². The molecule has 1 atom stereocenters. The standard InChI is InChI=1S/C11H11N3OS/c12-6-8-3-4-10(13-7-8)14-11(15)9-2-1-5-16-9/h3-4,7,9H,1-2,5H2,(H,13,14,15). The molecule has 1 aromatic heterocycles. The molecule has 2 heterocycles. The molecule has 1 aliphatic heterocycles. The maximum Gasteiger partial charge on any atom is 0.238 e. The lowest BCUT2D eigenvalue weighted by molar-refractivity contribution is -0.115. The van der Waals surface area contributed by atoms with E-state index in [9.17, 15) is 4.79 Å². The summed E-state index contributed by atoms with van der Waals surface area (Å²) < 4.78 is 0. The third-order valence-electron chi connectivity index (χ3n) is 2.37. The Bertz CT molecular complexity index is 418. The number of nitrogens with one attached hydrogen (secondary N) is 1. The fourth-order valence-corrected chi connectivity index (χ4v) is 2.69. The maximum atomic E-state index is 11.7. The van der Waals surface area contributed by atoms with Gasteiger partial charge in [0.25, 0.3) is 0 Å². The predicted octanol–water partition coefficient (Wildman–Crippen LogP) is 1.79. The fraction of sp³-hybridized carbons (Fsp3) is 0.364. The molecule has 0 aliphatic carbocycles. The Kier molecular flexibility index (Phi) is 3.42. The van der Waals surface area contributed by atoms with Crippen LogP contribution < -0.4 is 5.32 Å². The summed E-state index contributed by atoms with van der Waals surface area (Å²) in [5, 5.41) is 11.4. The largest absolute Gasteiger partial charge is 0.310 e. The van der Waals surface area contributed by atoms with Crippen LogP contribution >= 0.6 is 11.8 Å². The third-order valence-corrected chi connectivity index (χ3v) is 3.74. The van der Waals surface area contributed by atoms with Gasteiger partial charge in [0.2, 0.25) is 5.91 Å². The first-order valence-electron chi connectivity index (χ1n) is 5.08. The number of nitrogens with zero attached hydrogens (tertiary/aromatic N) is 2. The SMILES string of the molecule is N#Cc1ccc(NC(=O)C2CCCS2)nc1. The molecule has 1 N–H and O–H groups in total. The number of carbonyl (C=O) groups is 1. The van der Waals surface area contributed by atoms with Gasteiger partial charge in [-0.25, -0.2) is 4.98 Å². The number of aromatic nitrogens is 1. The zero-order chi connectivity index (χ0) is 11.4. The number of pyridine rings is 1. The molecule has 1 aliphatic rings. The fourth-order valence-electron chi connectivity index (χ4n) is 1.53. The van der Waals surface area contributed by atoms with E-state index in [1.54, 1.807) is 23.9 Å². The van der Waals surface area contributed by atoms with Gasteiger partial charge in [0.05, 0.1) is 10.8 Å². The molecule has 0 aromatic carbocycles. The summed E-state index contributed by atoms with van der Waals surface area (Å²) in [4.78, 5) is 15.7. The zero-order valence-electron chi connectivity index (χ0n) is 8.64. The molecule has 4 nitrogen and oxygen atoms in total. The molecule has 1 unspecified atom stereocenters. The highest BCUT2D eigenvalue weighted by molar-refractivity contribution is 8.00. The minimum absolute atomic E-state index is 0.0136. The van der Waals surface area contributed by atoms with Crippen LogP contribution in [-0.2, 0) is 4.79 Å². The average molecular weight is 233 g/mol. The molecule has 16 heavy (non-hydrogen) atoms. The van der Waals surface area contributed by atoms with Crippen molar-refractivity contribution in [3.05, 3.63) is 23.9 Å². The highest BCUT2D eigenvalue weighted by Crippen LogP contribution is 2.26. The van der Waals surface area contributed by atoms with Crippen molar-refractivity contribution in [2.45, 2.75) is 18.1 Å². The van der Waals surface area contributed by atoms with E-state index >= 15 is 0 Å². The van der Waals surface area contributed by atoms with E-state index in [1.807, 2.05) is 6.07 Å². The van der Waals surface area contributed by atoms with Crippen molar-refractivity contribution in [3.8, 4) is 6.07 Å². The molecule has 5 heteroatoms. The van der Waals surface area contributed by atoms with Crippen LogP contribution in [0, 0.1) is 11.3 Å². The average Bonchev–Trinajstić information content (AvgIpc) is 2.83. The van der Waals surface area contributed by atoms with Crippen molar-refractivity contribution in [2.75, 3.05) is 11.1 Å². The summed E-state index contributed by atoms with van der Waals surface area (Å²) in [5.74, 6) is 1.58. The van der Waals surface area contributed by atoms with Crippen LogP contribution in [0.2, 0.25) is 0 Å². The highest BCUT2D eigenvalue weighted by atomic mass is 32.2. The quantitative estimate of drug-likeness (QED) is 0.845. The van der Waals surface area contributed by atoms with Crippen LogP contribution in [0.4, 0.5) is 5.82 Å². The molecule has 82 valence electrons. The third kappa shape index (κ3) is 2.52. The second kappa shape index (κ2) is 4.99. The maximum absolute atomic E-state index is 11.7. The van der Waals surface area contributed by atoms with Crippen LogP contribution in [0.1, 0.15) is 18.4 Å². The van der Waals surface area contributed by atoms with Gasteiger partial charge >= 0.3 is 0 Å². The molecule has 0 spiro atoms. The smallest absolute Gasteiger partial charge is 0.238 e. The number of rotatable bonds is 2. The van der Waals surface area contributed by atoms with Gasteiger partial charge in [-0.05, 0) is 30.7 Å². The normalized spacial score (nSPS) is 19.1. The van der Waals surface area contributed by atoms with Crippen LogP contribution in [0.15, 0.2) is 18.3 Å². The first-order valence-corrected chi connectivity index (χ1v) is 6.13. The number of anilines is 1. The van der Waals surface area contributed by atoms with Crippen molar-refractivity contribution in [2.24, 2.45) is 0 Å². The summed E-state index contributed by atoms with van der Waals surface area (Å²) in [5.41, 5.74) is 0.494. The van der Waals surface area contributed by atoms with Crippen LogP contribution in [-0.4, -0.2) is 21.9 Å². The second-order valence-electron chi connectivity index (χ2n) is 3.53. The molecule has 1 amide bonds. The molecule has 1 fully saturated rings. The number of amides is 1. The van der Waals surface area contributed by atoms with Crippen molar-refractivity contribution in [1.82, 2.24) is 4.98 Å². The van der Waals surface area contributed by atoms with Crippen molar-refractivity contribution in [3.63, 3.8) is 0 Å². The topological polar surface area (TPSA) is 65.8 Å². The van der Waals surface area contributed by atoms with Gasteiger partial charge in [-0.2, -0.15) is 5.26 Å². The van der Waals surface area contributed by atoms with E-state index in [-0.39, 0.29) is 11.2 Å². The van der Waals surface area contributed by atoms with E-state index in [4.69, 9.17) is 5.26 Å². The van der Waals surface area contributed by atoms with Crippen molar-refractivity contribution in [1.29, 1.82) is 5.26 Å². The molecule has 0 saturated carbocycles. The Labute approximate surface area is 98.1 Å². The van der Waals surface area contributed by atoms with Crippen LogP contribution in [0.25, 0.3) is 0 Å². The number of carbonyl (C=O) groups excluding carboxylic acids is 1. The molecule has 1 aromatic rings. The summed E-state index contributed by atoms with van der Waals surface area (Å²) in [7, 11) is 0. The van der Waals surface area contributed by atoms with E-state index < -0.39 is 0 Å². The Hall–Kier alpha value is -1.54. The van der Waals surface area contributed by atoms with Gasteiger partial charge < -0.3 is 5.32 Å². The van der Waals surface area contributed by atoms with Gasteiger partial charge in [-0.1, -0.05) is 0 Å². The minimum Gasteiger partial charge on any atom is -0.310 e. The Morgan fingerprint density at radius 1 is 1.62 bits per heavy atom. The number of hydrogen-bond acceptors (Lipinski definition) is 4. The lowest BCUT2D eigenvalue weighted by atomic mass is 10.2. The second-order valence-corrected chi connectivity index (χ2v) is 4.85. The zero-order valence-corrected chi connectivity index (χ0v) is 9.46. The van der Waals surface area contributed by atoms with Gasteiger partial charge in [0, 0.05) is 6.20 Å². The first-order chi connectivity index (χ1) is 7.79. The molecule has 2 rings (SSSR count). The van der Waals surface area contributed by atoms with E-state index in [0.717, 1.165) is 18.6 Å². The Morgan fingerprint density at radius 3 is 3.06 bits per heavy atom. The first kappa shape index (κ1) is 11.0. The van der Waals surface area contributed by atoms with Gasteiger partial charge in [0.1, 0.15) is 11.9 Å². The predicted molar refractivity (Wildman–Crippen MR) is 63.1 cm³/mol.